The van der Waals surface area contributed by atoms with Crippen molar-refractivity contribution in [1.29, 1.82) is 0 Å². The fourth-order valence-corrected chi connectivity index (χ4v) is 4.88. The molecule has 1 N–H and O–H groups in total. The molecule has 0 aliphatic rings. The van der Waals surface area contributed by atoms with Crippen molar-refractivity contribution < 1.29 is 19.0 Å². The van der Waals surface area contributed by atoms with Gasteiger partial charge >= 0.3 is 0 Å². The second kappa shape index (κ2) is 9.74. The van der Waals surface area contributed by atoms with Crippen LogP contribution in [0.2, 0.25) is 0 Å². The van der Waals surface area contributed by atoms with E-state index in [-0.39, 0.29) is 11.5 Å². The first kappa shape index (κ1) is 24.6. The maximum Gasteiger partial charge on any atom is 0.267 e. The molecule has 3 aromatic heterocycles. The van der Waals surface area contributed by atoms with Crippen molar-refractivity contribution in [3.05, 3.63) is 52.9 Å². The van der Waals surface area contributed by atoms with E-state index < -0.39 is 6.10 Å². The van der Waals surface area contributed by atoms with Crippen LogP contribution < -0.4 is 25.1 Å². The molecule has 2 aromatic carbocycles. The molecule has 5 rings (SSSR count). The fourth-order valence-electron chi connectivity index (χ4n) is 4.88. The monoisotopic (exact) mass is 502 g/mol. The molecule has 0 spiro atoms. The number of carbonyl (C=O) groups excluding carboxylic acids is 1. The minimum atomic E-state index is -0.666. The van der Waals surface area contributed by atoms with E-state index >= 15 is 0 Å². The van der Waals surface area contributed by atoms with Crippen LogP contribution in [0.5, 0.6) is 17.2 Å². The van der Waals surface area contributed by atoms with Gasteiger partial charge in [-0.05, 0) is 70.4 Å². The van der Waals surface area contributed by atoms with Gasteiger partial charge in [0.2, 0.25) is 0 Å². The predicted molar refractivity (Wildman–Crippen MR) is 145 cm³/mol. The van der Waals surface area contributed by atoms with E-state index in [0.717, 1.165) is 34.8 Å². The average Bonchev–Trinajstić information content (AvgIpc) is 3.23. The van der Waals surface area contributed by atoms with E-state index in [1.54, 1.807) is 36.8 Å². The number of pyridine rings is 2. The molecular formula is C28H30N4O5. The number of nitrogens with zero attached hydrogens (tertiary/aromatic N) is 3. The number of ether oxygens (including phenoxy) is 3. The molecule has 0 saturated carbocycles. The summed E-state index contributed by atoms with van der Waals surface area (Å²) in [5, 5.41) is 5.73. The highest BCUT2D eigenvalue weighted by atomic mass is 16.5. The number of methoxy groups -OCH3 is 2. The third-order valence-corrected chi connectivity index (χ3v) is 6.63. The molecule has 9 nitrogen and oxygen atoms in total. The van der Waals surface area contributed by atoms with Crippen LogP contribution in [0.15, 0.2) is 47.4 Å². The molecule has 1 amide bonds. The highest BCUT2D eigenvalue weighted by Gasteiger charge is 2.22. The summed E-state index contributed by atoms with van der Waals surface area (Å²) in [6, 6.07) is 11.0. The van der Waals surface area contributed by atoms with Crippen molar-refractivity contribution in [2.45, 2.75) is 19.4 Å². The van der Waals surface area contributed by atoms with Crippen molar-refractivity contribution in [1.82, 2.24) is 19.6 Å². The van der Waals surface area contributed by atoms with E-state index in [0.29, 0.717) is 40.1 Å². The van der Waals surface area contributed by atoms with E-state index in [9.17, 15) is 9.59 Å². The summed E-state index contributed by atoms with van der Waals surface area (Å²) >= 11 is 0. The molecule has 1 atom stereocenters. The predicted octanol–water partition coefficient (Wildman–Crippen LogP) is 3.44. The van der Waals surface area contributed by atoms with E-state index in [2.05, 4.69) is 15.2 Å². The molecule has 192 valence electrons. The van der Waals surface area contributed by atoms with E-state index in [4.69, 9.17) is 14.2 Å². The van der Waals surface area contributed by atoms with Crippen molar-refractivity contribution >= 4 is 44.0 Å². The summed E-state index contributed by atoms with van der Waals surface area (Å²) in [5.74, 6) is 1.23. The van der Waals surface area contributed by atoms with Crippen molar-refractivity contribution in [3.8, 4) is 17.2 Å². The SMILES string of the molecule is COc1ccc2c(c1OC)c(=O)n1c3ccc(O[C@H](C)C(=O)NCCCN(C)C)cc3c3ccnc2c31. The number of amides is 1. The Morgan fingerprint density at radius 3 is 2.62 bits per heavy atom. The zero-order chi connectivity index (χ0) is 26.3. The van der Waals surface area contributed by atoms with Crippen molar-refractivity contribution in [2.24, 2.45) is 0 Å². The van der Waals surface area contributed by atoms with E-state index in [1.807, 2.05) is 38.4 Å². The first-order chi connectivity index (χ1) is 17.8. The summed E-state index contributed by atoms with van der Waals surface area (Å²) in [7, 11) is 7.06. The Labute approximate surface area is 213 Å². The maximum atomic E-state index is 13.8. The number of hydrogen-bond acceptors (Lipinski definition) is 7. The molecule has 0 aliphatic heterocycles. The molecule has 37 heavy (non-hydrogen) atoms. The van der Waals surface area contributed by atoms with Crippen LogP contribution in [0, 0.1) is 0 Å². The Balaban J connectivity index is 1.58. The number of fused-ring (bicyclic) bond motifs is 5. The summed E-state index contributed by atoms with van der Waals surface area (Å²) in [6.07, 6.45) is 1.93. The summed E-state index contributed by atoms with van der Waals surface area (Å²) in [4.78, 5) is 33.1. The molecule has 0 radical (unpaired) electrons. The lowest BCUT2D eigenvalue weighted by Gasteiger charge is -2.15. The molecule has 0 saturated heterocycles. The first-order valence-electron chi connectivity index (χ1n) is 12.2. The molecule has 3 heterocycles. The number of hydrogen-bond donors (Lipinski definition) is 1. The van der Waals surface area contributed by atoms with Gasteiger partial charge in [-0.15, -0.1) is 0 Å². The van der Waals surface area contributed by atoms with Crippen molar-refractivity contribution in [2.75, 3.05) is 41.4 Å². The van der Waals surface area contributed by atoms with Gasteiger partial charge in [-0.1, -0.05) is 0 Å². The Morgan fingerprint density at radius 2 is 1.89 bits per heavy atom. The molecule has 9 heteroatoms. The van der Waals surface area contributed by atoms with Gasteiger partial charge < -0.3 is 24.4 Å². The van der Waals surface area contributed by atoms with Gasteiger partial charge in [-0.3, -0.25) is 19.0 Å². The number of rotatable bonds is 9. The molecule has 0 bridgehead atoms. The van der Waals surface area contributed by atoms with Crippen LogP contribution in [-0.2, 0) is 4.79 Å². The zero-order valence-corrected chi connectivity index (χ0v) is 21.6. The molecule has 0 aliphatic carbocycles. The standard InChI is InChI=1S/C28H30N4O5/c1-16(27(33)30-12-6-14-31(2)3)37-17-7-9-21-20(15-17)18-11-13-29-24-19-8-10-22(35-4)26(36-5)23(19)28(34)32(21)25(18)24/h7-11,13,15-16H,6,12,14H2,1-5H3,(H,30,33)/t16-/m1/s1. The lowest BCUT2D eigenvalue weighted by Crippen LogP contribution is -2.37. The summed E-state index contributed by atoms with van der Waals surface area (Å²) in [6.45, 7) is 3.21. The Morgan fingerprint density at radius 1 is 1.08 bits per heavy atom. The quantitative estimate of drug-likeness (QED) is 0.244. The van der Waals surface area contributed by atoms with Gasteiger partial charge in [-0.2, -0.15) is 0 Å². The number of benzene rings is 2. The number of carbonyl (C=O) groups is 1. The zero-order valence-electron chi connectivity index (χ0n) is 21.6. The van der Waals surface area contributed by atoms with E-state index in [1.165, 1.54) is 7.11 Å². The van der Waals surface area contributed by atoms with Gasteiger partial charge in [0.25, 0.3) is 11.5 Å². The van der Waals surface area contributed by atoms with Gasteiger partial charge in [-0.25, -0.2) is 0 Å². The number of aromatic nitrogens is 2. The topological polar surface area (TPSA) is 94.4 Å². The second-order valence-corrected chi connectivity index (χ2v) is 9.31. The molecular weight excluding hydrogens is 472 g/mol. The fraction of sp³-hybridized carbons (Fsp3) is 0.321. The van der Waals surface area contributed by atoms with Crippen LogP contribution in [-0.4, -0.2) is 67.7 Å². The molecule has 0 fully saturated rings. The minimum absolute atomic E-state index is 0.169. The third kappa shape index (κ3) is 4.15. The van der Waals surface area contributed by atoms with Gasteiger partial charge in [0, 0.05) is 28.9 Å². The minimum Gasteiger partial charge on any atom is -0.493 e. The van der Waals surface area contributed by atoms with Gasteiger partial charge in [0.15, 0.2) is 17.6 Å². The third-order valence-electron chi connectivity index (χ3n) is 6.63. The smallest absolute Gasteiger partial charge is 0.267 e. The average molecular weight is 503 g/mol. The second-order valence-electron chi connectivity index (χ2n) is 9.31. The maximum absolute atomic E-state index is 13.8. The van der Waals surface area contributed by atoms with Crippen LogP contribution in [0.4, 0.5) is 0 Å². The number of nitrogens with one attached hydrogen (secondary N) is 1. The Kier molecular flexibility index (Phi) is 6.47. The lowest BCUT2D eigenvalue weighted by atomic mass is 10.1. The first-order valence-corrected chi connectivity index (χ1v) is 12.2. The molecule has 0 unspecified atom stereocenters. The van der Waals surface area contributed by atoms with Crippen LogP contribution >= 0.6 is 0 Å². The van der Waals surface area contributed by atoms with Crippen LogP contribution in [0.1, 0.15) is 13.3 Å². The Hall–Kier alpha value is -4.11. The van der Waals surface area contributed by atoms with Crippen molar-refractivity contribution in [3.63, 3.8) is 0 Å². The summed E-state index contributed by atoms with van der Waals surface area (Å²) in [5.41, 5.74) is 1.92. The van der Waals surface area contributed by atoms with Gasteiger partial charge in [0.05, 0.1) is 36.2 Å². The lowest BCUT2D eigenvalue weighted by molar-refractivity contribution is -0.127. The molecule has 5 aromatic rings. The summed E-state index contributed by atoms with van der Waals surface area (Å²) < 4.78 is 18.7. The van der Waals surface area contributed by atoms with Crippen LogP contribution in [0.3, 0.4) is 0 Å². The highest BCUT2D eigenvalue weighted by molar-refractivity contribution is 6.19. The highest BCUT2D eigenvalue weighted by Crippen LogP contribution is 2.39. The largest absolute Gasteiger partial charge is 0.493 e. The van der Waals surface area contributed by atoms with Crippen LogP contribution in [0.25, 0.3) is 38.1 Å². The normalized spacial score (nSPS) is 12.6. The van der Waals surface area contributed by atoms with Gasteiger partial charge in [0.1, 0.15) is 5.75 Å². The Bertz CT molecular complexity index is 1680.